The molecule has 1 atom stereocenters. The molecular formula is C15H21N3O5S. The first-order valence-corrected chi connectivity index (χ1v) is 9.53. The summed E-state index contributed by atoms with van der Waals surface area (Å²) in [6, 6.07) is 4.15. The lowest BCUT2D eigenvalue weighted by Crippen LogP contribution is -2.30. The maximum atomic E-state index is 12.0. The van der Waals surface area contributed by atoms with Gasteiger partial charge in [0.15, 0.2) is 9.84 Å². The molecule has 9 heteroatoms. The highest BCUT2D eigenvalue weighted by atomic mass is 32.2. The summed E-state index contributed by atoms with van der Waals surface area (Å²) < 4.78 is 22.9. The number of nitro groups is 1. The molecule has 1 aromatic rings. The number of nitro benzene ring substituents is 1. The Kier molecular flexibility index (Phi) is 5.43. The van der Waals surface area contributed by atoms with Crippen molar-refractivity contribution in [1.29, 1.82) is 0 Å². The minimum atomic E-state index is -2.98. The minimum Gasteiger partial charge on any atom is -0.379 e. The topological polar surface area (TPSA) is 118 Å². The summed E-state index contributed by atoms with van der Waals surface area (Å²) in [6.45, 7) is 3.95. The number of sulfone groups is 1. The van der Waals surface area contributed by atoms with Crippen LogP contribution >= 0.6 is 0 Å². The Hall–Kier alpha value is -2.16. The van der Waals surface area contributed by atoms with Gasteiger partial charge in [0.2, 0.25) is 0 Å². The highest BCUT2D eigenvalue weighted by molar-refractivity contribution is 7.91. The molecule has 1 amide bonds. The van der Waals surface area contributed by atoms with Crippen LogP contribution in [0.15, 0.2) is 18.2 Å². The number of carbonyl (C=O) groups is 1. The Morgan fingerprint density at radius 3 is 2.67 bits per heavy atom. The number of rotatable bonds is 6. The van der Waals surface area contributed by atoms with Gasteiger partial charge < -0.3 is 10.6 Å². The summed E-state index contributed by atoms with van der Waals surface area (Å²) in [5.74, 6) is -0.168. The van der Waals surface area contributed by atoms with Crippen molar-refractivity contribution in [2.24, 2.45) is 5.92 Å². The fraction of sp³-hybridized carbons (Fsp3) is 0.533. The molecular weight excluding hydrogens is 334 g/mol. The fourth-order valence-electron chi connectivity index (χ4n) is 2.61. The average Bonchev–Trinajstić information content (AvgIpc) is 2.83. The summed E-state index contributed by atoms with van der Waals surface area (Å²) in [5.41, 5.74) is 0.294. The number of benzene rings is 1. The molecule has 1 saturated heterocycles. The third-order valence-electron chi connectivity index (χ3n) is 3.78. The molecule has 2 N–H and O–H groups in total. The lowest BCUT2D eigenvalue weighted by atomic mass is 10.1. The van der Waals surface area contributed by atoms with E-state index < -0.39 is 14.8 Å². The number of nitrogens with one attached hydrogen (secondary N) is 2. The van der Waals surface area contributed by atoms with E-state index in [-0.39, 0.29) is 46.3 Å². The van der Waals surface area contributed by atoms with Gasteiger partial charge in [-0.1, -0.05) is 0 Å². The van der Waals surface area contributed by atoms with Gasteiger partial charge >= 0.3 is 0 Å². The Labute approximate surface area is 140 Å². The van der Waals surface area contributed by atoms with Gasteiger partial charge in [0, 0.05) is 24.2 Å². The molecule has 132 valence electrons. The third-order valence-corrected chi connectivity index (χ3v) is 5.62. The SMILES string of the molecule is CC(C)NC(=O)c1ccc(NCC2CCS(=O)(=O)C2)c([N+](=O)[O-])c1. The average molecular weight is 355 g/mol. The van der Waals surface area contributed by atoms with Crippen LogP contribution in [0.25, 0.3) is 0 Å². The molecule has 1 fully saturated rings. The molecule has 1 heterocycles. The maximum Gasteiger partial charge on any atom is 0.293 e. The van der Waals surface area contributed by atoms with Gasteiger partial charge in [-0.05, 0) is 38.3 Å². The van der Waals surface area contributed by atoms with Crippen LogP contribution in [0.1, 0.15) is 30.6 Å². The van der Waals surface area contributed by atoms with Crippen molar-refractivity contribution in [3.05, 3.63) is 33.9 Å². The summed E-state index contributed by atoms with van der Waals surface area (Å²) in [7, 11) is -2.98. The molecule has 0 aromatic heterocycles. The maximum absolute atomic E-state index is 12.0. The van der Waals surface area contributed by atoms with Crippen LogP contribution < -0.4 is 10.6 Å². The number of nitrogens with zero attached hydrogens (tertiary/aromatic N) is 1. The molecule has 0 aliphatic carbocycles. The predicted molar refractivity (Wildman–Crippen MR) is 90.9 cm³/mol. The van der Waals surface area contributed by atoms with E-state index in [4.69, 9.17) is 0 Å². The van der Waals surface area contributed by atoms with Crippen LogP contribution in [-0.2, 0) is 9.84 Å². The quantitative estimate of drug-likeness (QED) is 0.591. The second-order valence-electron chi connectivity index (χ2n) is 6.27. The smallest absolute Gasteiger partial charge is 0.293 e. The molecule has 0 radical (unpaired) electrons. The highest BCUT2D eigenvalue weighted by Crippen LogP contribution is 2.27. The molecule has 0 bridgehead atoms. The molecule has 1 aliphatic heterocycles. The third kappa shape index (κ3) is 4.67. The van der Waals surface area contributed by atoms with Gasteiger partial charge in [0.1, 0.15) is 5.69 Å². The Morgan fingerprint density at radius 2 is 2.12 bits per heavy atom. The van der Waals surface area contributed by atoms with Crippen molar-refractivity contribution >= 4 is 27.1 Å². The Balaban J connectivity index is 2.12. The molecule has 0 saturated carbocycles. The van der Waals surface area contributed by atoms with Crippen molar-refractivity contribution in [2.75, 3.05) is 23.4 Å². The number of carbonyl (C=O) groups excluding carboxylic acids is 1. The van der Waals surface area contributed by atoms with E-state index in [2.05, 4.69) is 10.6 Å². The van der Waals surface area contributed by atoms with Crippen LogP contribution in [0, 0.1) is 16.0 Å². The standard InChI is InChI=1S/C15H21N3O5S/c1-10(2)17-15(19)12-3-4-13(14(7-12)18(20)21)16-8-11-5-6-24(22,23)9-11/h3-4,7,10-11,16H,5-6,8-9H2,1-2H3,(H,17,19). The van der Waals surface area contributed by atoms with E-state index in [9.17, 15) is 23.3 Å². The van der Waals surface area contributed by atoms with Crippen LogP contribution in [0.5, 0.6) is 0 Å². The first-order valence-electron chi connectivity index (χ1n) is 7.71. The first-order chi connectivity index (χ1) is 11.2. The zero-order chi connectivity index (χ0) is 17.9. The van der Waals surface area contributed by atoms with Gasteiger partial charge in [-0.3, -0.25) is 14.9 Å². The van der Waals surface area contributed by atoms with Crippen LogP contribution in [0.3, 0.4) is 0 Å². The molecule has 1 unspecified atom stereocenters. The lowest BCUT2D eigenvalue weighted by Gasteiger charge is -2.12. The second-order valence-corrected chi connectivity index (χ2v) is 8.50. The van der Waals surface area contributed by atoms with Gasteiger partial charge in [-0.15, -0.1) is 0 Å². The molecule has 2 rings (SSSR count). The largest absolute Gasteiger partial charge is 0.379 e. The second kappa shape index (κ2) is 7.16. The van der Waals surface area contributed by atoms with Gasteiger partial charge in [0.25, 0.3) is 11.6 Å². The number of anilines is 1. The van der Waals surface area contributed by atoms with Crippen molar-refractivity contribution in [3.8, 4) is 0 Å². The molecule has 0 spiro atoms. The van der Waals surface area contributed by atoms with Gasteiger partial charge in [0.05, 0.1) is 16.4 Å². The monoisotopic (exact) mass is 355 g/mol. The zero-order valence-corrected chi connectivity index (χ0v) is 14.4. The van der Waals surface area contributed by atoms with Crippen LogP contribution in [-0.4, -0.2) is 43.3 Å². The van der Waals surface area contributed by atoms with E-state index in [0.29, 0.717) is 13.0 Å². The van der Waals surface area contributed by atoms with Crippen molar-refractivity contribution in [2.45, 2.75) is 26.3 Å². The zero-order valence-electron chi connectivity index (χ0n) is 13.6. The molecule has 1 aromatic carbocycles. The molecule has 24 heavy (non-hydrogen) atoms. The predicted octanol–water partition coefficient (Wildman–Crippen LogP) is 1.58. The summed E-state index contributed by atoms with van der Waals surface area (Å²) >= 11 is 0. The van der Waals surface area contributed by atoms with Gasteiger partial charge in [-0.2, -0.15) is 0 Å². The lowest BCUT2D eigenvalue weighted by molar-refractivity contribution is -0.384. The van der Waals surface area contributed by atoms with E-state index in [0.717, 1.165) is 0 Å². The van der Waals surface area contributed by atoms with Crippen molar-refractivity contribution in [3.63, 3.8) is 0 Å². The Morgan fingerprint density at radius 1 is 1.42 bits per heavy atom. The molecule has 8 nitrogen and oxygen atoms in total. The summed E-state index contributed by atoms with van der Waals surface area (Å²) in [6.07, 6.45) is 0.554. The van der Waals surface area contributed by atoms with Crippen LogP contribution in [0.4, 0.5) is 11.4 Å². The van der Waals surface area contributed by atoms with E-state index in [1.54, 1.807) is 13.8 Å². The van der Waals surface area contributed by atoms with E-state index in [1.807, 2.05) is 0 Å². The summed E-state index contributed by atoms with van der Waals surface area (Å²) in [4.78, 5) is 22.7. The number of hydrogen-bond donors (Lipinski definition) is 2. The Bertz CT molecular complexity index is 745. The molecule has 1 aliphatic rings. The number of hydrogen-bond acceptors (Lipinski definition) is 6. The fourth-order valence-corrected chi connectivity index (χ4v) is 4.47. The normalized spacial score (nSPS) is 19.2. The highest BCUT2D eigenvalue weighted by Gasteiger charge is 2.28. The number of amides is 1. The first kappa shape index (κ1) is 18.2. The van der Waals surface area contributed by atoms with Crippen molar-refractivity contribution < 1.29 is 18.1 Å². The van der Waals surface area contributed by atoms with Crippen molar-refractivity contribution in [1.82, 2.24) is 5.32 Å². The van der Waals surface area contributed by atoms with Crippen LogP contribution in [0.2, 0.25) is 0 Å². The minimum absolute atomic E-state index is 0.0569. The van der Waals surface area contributed by atoms with E-state index >= 15 is 0 Å². The van der Waals surface area contributed by atoms with Gasteiger partial charge in [-0.25, -0.2) is 8.42 Å². The summed E-state index contributed by atoms with van der Waals surface area (Å²) in [5, 5.41) is 16.9. The van der Waals surface area contributed by atoms with E-state index in [1.165, 1.54) is 18.2 Å².